The van der Waals surface area contributed by atoms with Crippen molar-refractivity contribution in [3.63, 3.8) is 0 Å². The first-order valence-electron chi connectivity index (χ1n) is 5.43. The smallest absolute Gasteiger partial charge is 0.318 e. The van der Waals surface area contributed by atoms with E-state index in [0.717, 1.165) is 0 Å². The molecule has 0 aromatic carbocycles. The Morgan fingerprint density at radius 3 is 1.88 bits per heavy atom. The van der Waals surface area contributed by atoms with Gasteiger partial charge in [-0.1, -0.05) is 20.8 Å². The van der Waals surface area contributed by atoms with Crippen LogP contribution >= 0.6 is 0 Å². The molecule has 0 bridgehead atoms. The van der Waals surface area contributed by atoms with Gasteiger partial charge in [-0.2, -0.15) is 0 Å². The summed E-state index contributed by atoms with van der Waals surface area (Å²) in [5.74, 6) is -1.45. The van der Waals surface area contributed by atoms with E-state index in [4.69, 9.17) is 10.5 Å². The van der Waals surface area contributed by atoms with Crippen molar-refractivity contribution in [3.8, 4) is 0 Å². The van der Waals surface area contributed by atoms with E-state index in [1.54, 1.807) is 20.8 Å². The van der Waals surface area contributed by atoms with Gasteiger partial charge in [0.15, 0.2) is 0 Å². The second-order valence-corrected chi connectivity index (χ2v) is 6.09. The number of esters is 1. The van der Waals surface area contributed by atoms with E-state index in [-0.39, 0.29) is 5.41 Å². The second-order valence-electron chi connectivity index (χ2n) is 6.09. The Morgan fingerprint density at radius 2 is 1.62 bits per heavy atom. The lowest BCUT2D eigenvalue weighted by Gasteiger charge is -2.31. The minimum atomic E-state index is -0.903. The largest absolute Gasteiger partial charge is 0.459 e. The number of carbonyl (C=O) groups excluding carboxylic acids is 2. The molecule has 0 aliphatic heterocycles. The number of aldehydes is 1. The zero-order valence-corrected chi connectivity index (χ0v) is 11.0. The molecular formula is C12H23NO3. The quantitative estimate of drug-likeness (QED) is 0.452. The molecule has 0 aromatic rings. The minimum Gasteiger partial charge on any atom is -0.459 e. The number of carbonyl (C=O) groups is 2. The molecule has 2 N–H and O–H groups in total. The van der Waals surface area contributed by atoms with E-state index in [2.05, 4.69) is 0 Å². The van der Waals surface area contributed by atoms with Crippen molar-refractivity contribution in [1.29, 1.82) is 0 Å². The van der Waals surface area contributed by atoms with E-state index in [0.29, 0.717) is 6.29 Å². The molecular weight excluding hydrogens is 206 g/mol. The van der Waals surface area contributed by atoms with Gasteiger partial charge in [0.2, 0.25) is 0 Å². The van der Waals surface area contributed by atoms with Crippen molar-refractivity contribution in [2.24, 2.45) is 17.1 Å². The van der Waals surface area contributed by atoms with Gasteiger partial charge in [-0.15, -0.1) is 0 Å². The molecule has 4 nitrogen and oxygen atoms in total. The van der Waals surface area contributed by atoms with Gasteiger partial charge in [0.05, 0.1) is 0 Å². The molecule has 16 heavy (non-hydrogen) atoms. The molecule has 0 saturated carbocycles. The summed E-state index contributed by atoms with van der Waals surface area (Å²) in [6.07, 6.45) is 0.573. The van der Waals surface area contributed by atoms with Crippen LogP contribution in [-0.2, 0) is 14.3 Å². The third-order valence-corrected chi connectivity index (χ3v) is 2.21. The van der Waals surface area contributed by atoms with E-state index in [1.807, 2.05) is 20.8 Å². The van der Waals surface area contributed by atoms with Crippen molar-refractivity contribution in [3.05, 3.63) is 0 Å². The molecule has 0 aromatic heterocycles. The van der Waals surface area contributed by atoms with Gasteiger partial charge in [0.1, 0.15) is 17.8 Å². The van der Waals surface area contributed by atoms with E-state index < -0.39 is 23.5 Å². The van der Waals surface area contributed by atoms with Crippen LogP contribution in [0.15, 0.2) is 0 Å². The predicted molar refractivity (Wildman–Crippen MR) is 62.8 cm³/mol. The number of nitrogens with two attached hydrogens (primary N) is 1. The van der Waals surface area contributed by atoms with Crippen molar-refractivity contribution in [2.75, 3.05) is 0 Å². The van der Waals surface area contributed by atoms with Crippen LogP contribution in [0.5, 0.6) is 0 Å². The summed E-state index contributed by atoms with van der Waals surface area (Å²) < 4.78 is 5.16. The van der Waals surface area contributed by atoms with Crippen molar-refractivity contribution >= 4 is 12.3 Å². The van der Waals surface area contributed by atoms with Gasteiger partial charge in [0.25, 0.3) is 0 Å². The summed E-state index contributed by atoms with van der Waals surface area (Å²) in [6.45, 7) is 10.9. The van der Waals surface area contributed by atoms with E-state index >= 15 is 0 Å². The lowest BCUT2D eigenvalue weighted by molar-refractivity contribution is -0.162. The summed E-state index contributed by atoms with van der Waals surface area (Å²) in [5, 5.41) is 0. The number of hydrogen-bond donors (Lipinski definition) is 1. The molecule has 0 amide bonds. The first kappa shape index (κ1) is 15.1. The Labute approximate surface area is 97.5 Å². The molecule has 0 aliphatic rings. The lowest BCUT2D eigenvalue weighted by atomic mass is 9.80. The Bertz CT molecular complexity index is 260. The SMILES string of the molecule is CC(C)(C)OC(=O)[C@@H](C=O)[C@@H](N)C(C)(C)C. The number of hydrogen-bond acceptors (Lipinski definition) is 4. The molecule has 0 heterocycles. The Morgan fingerprint density at radius 1 is 1.19 bits per heavy atom. The molecule has 0 unspecified atom stereocenters. The maximum absolute atomic E-state index is 11.7. The van der Waals surface area contributed by atoms with Crippen LogP contribution in [0.25, 0.3) is 0 Å². The van der Waals surface area contributed by atoms with Gasteiger partial charge < -0.3 is 15.3 Å². The number of ether oxygens (including phenoxy) is 1. The second kappa shape index (κ2) is 4.95. The molecule has 0 spiro atoms. The summed E-state index contributed by atoms with van der Waals surface area (Å²) >= 11 is 0. The first-order valence-corrected chi connectivity index (χ1v) is 5.43. The highest BCUT2D eigenvalue weighted by Crippen LogP contribution is 2.24. The van der Waals surface area contributed by atoms with Crippen LogP contribution in [0.2, 0.25) is 0 Å². The predicted octanol–water partition coefficient (Wildman–Crippen LogP) is 1.52. The average molecular weight is 229 g/mol. The molecule has 0 radical (unpaired) electrons. The Kier molecular flexibility index (Phi) is 4.68. The highest BCUT2D eigenvalue weighted by Gasteiger charge is 2.36. The molecule has 2 atom stereocenters. The Hall–Kier alpha value is -0.900. The summed E-state index contributed by atoms with van der Waals surface area (Å²) in [4.78, 5) is 22.7. The topological polar surface area (TPSA) is 69.4 Å². The lowest BCUT2D eigenvalue weighted by Crippen LogP contribution is -2.47. The van der Waals surface area contributed by atoms with Gasteiger partial charge >= 0.3 is 5.97 Å². The number of rotatable bonds is 3. The fourth-order valence-electron chi connectivity index (χ4n) is 1.20. The molecule has 0 rings (SSSR count). The zero-order valence-electron chi connectivity index (χ0n) is 11.0. The van der Waals surface area contributed by atoms with Gasteiger partial charge in [0, 0.05) is 6.04 Å². The fraction of sp³-hybridized carbons (Fsp3) is 0.833. The van der Waals surface area contributed by atoms with Crippen LogP contribution < -0.4 is 5.73 Å². The Balaban J connectivity index is 4.75. The maximum Gasteiger partial charge on any atom is 0.318 e. The fourth-order valence-corrected chi connectivity index (χ4v) is 1.20. The van der Waals surface area contributed by atoms with Crippen LogP contribution in [-0.4, -0.2) is 23.9 Å². The molecule has 0 aliphatic carbocycles. The van der Waals surface area contributed by atoms with E-state index in [9.17, 15) is 9.59 Å². The third kappa shape index (κ3) is 4.75. The van der Waals surface area contributed by atoms with Gasteiger partial charge in [-0.25, -0.2) is 0 Å². The summed E-state index contributed by atoms with van der Waals surface area (Å²) in [6, 6.07) is -0.542. The van der Waals surface area contributed by atoms with Crippen LogP contribution in [0, 0.1) is 11.3 Å². The van der Waals surface area contributed by atoms with Crippen molar-refractivity contribution < 1.29 is 14.3 Å². The van der Waals surface area contributed by atoms with Gasteiger partial charge in [-0.3, -0.25) is 4.79 Å². The summed E-state index contributed by atoms with van der Waals surface area (Å²) in [7, 11) is 0. The molecule has 0 fully saturated rings. The zero-order chi connectivity index (χ0) is 13.1. The van der Waals surface area contributed by atoms with E-state index in [1.165, 1.54) is 0 Å². The molecule has 94 valence electrons. The van der Waals surface area contributed by atoms with Crippen LogP contribution in [0.3, 0.4) is 0 Å². The standard InChI is InChI=1S/C12H23NO3/c1-11(2,3)9(13)8(7-14)10(15)16-12(4,5)6/h7-9H,13H2,1-6H3/t8-,9+/m0/s1. The third-order valence-electron chi connectivity index (χ3n) is 2.21. The van der Waals surface area contributed by atoms with Crippen LogP contribution in [0.4, 0.5) is 0 Å². The maximum atomic E-state index is 11.7. The monoisotopic (exact) mass is 229 g/mol. The first-order chi connectivity index (χ1) is 6.99. The normalized spacial score (nSPS) is 16.4. The average Bonchev–Trinajstić information content (AvgIpc) is 1.99. The highest BCUT2D eigenvalue weighted by molar-refractivity contribution is 5.89. The minimum absolute atomic E-state index is 0.317. The van der Waals surface area contributed by atoms with Crippen molar-refractivity contribution in [1.82, 2.24) is 0 Å². The van der Waals surface area contributed by atoms with Gasteiger partial charge in [-0.05, 0) is 26.2 Å². The van der Waals surface area contributed by atoms with Crippen molar-refractivity contribution in [2.45, 2.75) is 53.2 Å². The molecule has 4 heteroatoms. The summed E-state index contributed by atoms with van der Waals surface area (Å²) in [5.41, 5.74) is 4.97. The highest BCUT2D eigenvalue weighted by atomic mass is 16.6. The molecule has 0 saturated heterocycles. The van der Waals surface area contributed by atoms with Crippen LogP contribution in [0.1, 0.15) is 41.5 Å².